The van der Waals surface area contributed by atoms with Crippen LogP contribution >= 0.6 is 0 Å². The largest absolute Gasteiger partial charge is 0.384 e. The molecule has 0 unspecified atom stereocenters. The fraction of sp³-hybridized carbons (Fsp3) is 0.190. The van der Waals surface area contributed by atoms with Gasteiger partial charge in [-0.25, -0.2) is 4.98 Å². The van der Waals surface area contributed by atoms with Crippen LogP contribution < -0.4 is 16.4 Å². The van der Waals surface area contributed by atoms with Crippen molar-refractivity contribution in [3.8, 4) is 11.1 Å². The third-order valence-corrected chi connectivity index (χ3v) is 4.63. The SMILES string of the molecule is Cc1ccc(NCc2cccc(-c3ccc4c(c3)NCC4)c2)c(N)n1. The highest BCUT2D eigenvalue weighted by Crippen LogP contribution is 2.29. The zero-order valence-corrected chi connectivity index (χ0v) is 14.3. The van der Waals surface area contributed by atoms with E-state index in [9.17, 15) is 0 Å². The zero-order chi connectivity index (χ0) is 17.2. The summed E-state index contributed by atoms with van der Waals surface area (Å²) < 4.78 is 0. The van der Waals surface area contributed by atoms with Crippen LogP contribution in [0.5, 0.6) is 0 Å². The van der Waals surface area contributed by atoms with Crippen LogP contribution in [0.4, 0.5) is 17.2 Å². The number of anilines is 3. The number of fused-ring (bicyclic) bond motifs is 1. The van der Waals surface area contributed by atoms with E-state index in [-0.39, 0.29) is 0 Å². The van der Waals surface area contributed by atoms with E-state index in [2.05, 4.69) is 58.1 Å². The second-order valence-corrected chi connectivity index (χ2v) is 6.49. The summed E-state index contributed by atoms with van der Waals surface area (Å²) in [5.74, 6) is 0.542. The van der Waals surface area contributed by atoms with Crippen molar-refractivity contribution in [2.75, 3.05) is 22.9 Å². The van der Waals surface area contributed by atoms with Crippen molar-refractivity contribution >= 4 is 17.2 Å². The molecule has 2 heterocycles. The standard InChI is InChI=1S/C21H22N4/c1-14-5-8-19(21(22)25-14)24-13-15-3-2-4-17(11-15)18-7-6-16-9-10-23-20(16)12-18/h2-8,11-12,23-24H,9-10,13H2,1H3,(H2,22,25). The maximum absolute atomic E-state index is 5.98. The minimum absolute atomic E-state index is 0.542. The number of aryl methyl sites for hydroxylation is 1. The van der Waals surface area contributed by atoms with E-state index < -0.39 is 0 Å². The fourth-order valence-corrected chi connectivity index (χ4v) is 3.25. The Kier molecular flexibility index (Phi) is 4.02. The molecule has 1 aromatic heterocycles. The van der Waals surface area contributed by atoms with Crippen LogP contribution in [0.15, 0.2) is 54.6 Å². The number of benzene rings is 2. The number of aromatic nitrogens is 1. The number of rotatable bonds is 4. The van der Waals surface area contributed by atoms with Gasteiger partial charge in [-0.05, 0) is 59.9 Å². The van der Waals surface area contributed by atoms with Crippen molar-refractivity contribution in [3.63, 3.8) is 0 Å². The molecule has 4 heteroatoms. The number of nitrogens with one attached hydrogen (secondary N) is 2. The first kappa shape index (κ1) is 15.5. The normalized spacial score (nSPS) is 12.5. The van der Waals surface area contributed by atoms with Crippen LogP contribution in [0.2, 0.25) is 0 Å². The number of pyridine rings is 1. The Morgan fingerprint density at radius 1 is 1.08 bits per heavy atom. The lowest BCUT2D eigenvalue weighted by Crippen LogP contribution is -2.04. The smallest absolute Gasteiger partial charge is 0.147 e. The topological polar surface area (TPSA) is 63.0 Å². The monoisotopic (exact) mass is 330 g/mol. The molecule has 0 bridgehead atoms. The molecule has 3 aromatic rings. The quantitative estimate of drug-likeness (QED) is 0.670. The number of nitrogens with zero attached hydrogens (tertiary/aromatic N) is 1. The number of hydrogen-bond acceptors (Lipinski definition) is 4. The molecule has 1 aliphatic heterocycles. The Morgan fingerprint density at radius 3 is 2.84 bits per heavy atom. The van der Waals surface area contributed by atoms with Gasteiger partial charge in [-0.1, -0.05) is 30.3 Å². The number of hydrogen-bond donors (Lipinski definition) is 3. The summed E-state index contributed by atoms with van der Waals surface area (Å²) in [7, 11) is 0. The van der Waals surface area contributed by atoms with Gasteiger partial charge in [0.2, 0.25) is 0 Å². The van der Waals surface area contributed by atoms with E-state index in [0.29, 0.717) is 12.4 Å². The van der Waals surface area contributed by atoms with Gasteiger partial charge in [-0.2, -0.15) is 0 Å². The molecule has 4 rings (SSSR count). The summed E-state index contributed by atoms with van der Waals surface area (Å²) in [5.41, 5.74) is 14.1. The lowest BCUT2D eigenvalue weighted by atomic mass is 10.0. The molecule has 2 aromatic carbocycles. The maximum Gasteiger partial charge on any atom is 0.147 e. The van der Waals surface area contributed by atoms with Gasteiger partial charge in [-0.3, -0.25) is 0 Å². The first-order valence-corrected chi connectivity index (χ1v) is 8.62. The van der Waals surface area contributed by atoms with Crippen molar-refractivity contribution < 1.29 is 0 Å². The molecule has 4 nitrogen and oxygen atoms in total. The summed E-state index contributed by atoms with van der Waals surface area (Å²) in [6.45, 7) is 3.69. The van der Waals surface area contributed by atoms with Gasteiger partial charge in [-0.15, -0.1) is 0 Å². The molecule has 0 saturated heterocycles. The molecule has 0 atom stereocenters. The van der Waals surface area contributed by atoms with Crippen LogP contribution in [0.3, 0.4) is 0 Å². The molecule has 0 radical (unpaired) electrons. The highest BCUT2D eigenvalue weighted by atomic mass is 15.0. The average molecular weight is 330 g/mol. The van der Waals surface area contributed by atoms with Gasteiger partial charge in [0, 0.05) is 24.5 Å². The third-order valence-electron chi connectivity index (χ3n) is 4.63. The summed E-state index contributed by atoms with van der Waals surface area (Å²) in [4.78, 5) is 4.29. The first-order chi connectivity index (χ1) is 12.2. The molecule has 25 heavy (non-hydrogen) atoms. The van der Waals surface area contributed by atoms with E-state index >= 15 is 0 Å². The molecule has 4 N–H and O–H groups in total. The molecule has 0 saturated carbocycles. The van der Waals surface area contributed by atoms with Crippen LogP contribution in [0, 0.1) is 6.92 Å². The molecular weight excluding hydrogens is 308 g/mol. The van der Waals surface area contributed by atoms with Crippen LogP contribution in [0.25, 0.3) is 11.1 Å². The van der Waals surface area contributed by atoms with Gasteiger partial charge >= 0.3 is 0 Å². The summed E-state index contributed by atoms with van der Waals surface area (Å²) in [6, 6.07) is 19.2. The molecule has 0 amide bonds. The van der Waals surface area contributed by atoms with E-state index in [1.165, 1.54) is 27.9 Å². The van der Waals surface area contributed by atoms with E-state index in [4.69, 9.17) is 5.73 Å². The summed E-state index contributed by atoms with van der Waals surface area (Å²) in [5, 5.41) is 6.83. The Balaban J connectivity index is 1.53. The van der Waals surface area contributed by atoms with Crippen LogP contribution in [-0.4, -0.2) is 11.5 Å². The molecular formula is C21H22N4. The average Bonchev–Trinajstić information content (AvgIpc) is 3.09. The maximum atomic E-state index is 5.98. The predicted molar refractivity (Wildman–Crippen MR) is 105 cm³/mol. The van der Waals surface area contributed by atoms with Crippen molar-refractivity contribution in [1.29, 1.82) is 0 Å². The molecule has 0 aliphatic carbocycles. The molecule has 126 valence electrons. The third kappa shape index (κ3) is 3.29. The fourth-order valence-electron chi connectivity index (χ4n) is 3.25. The predicted octanol–water partition coefficient (Wildman–Crippen LogP) is 4.22. The zero-order valence-electron chi connectivity index (χ0n) is 14.3. The highest BCUT2D eigenvalue weighted by molar-refractivity contribution is 5.72. The van der Waals surface area contributed by atoms with Gasteiger partial charge in [0.05, 0.1) is 5.69 Å². The van der Waals surface area contributed by atoms with Crippen molar-refractivity contribution in [3.05, 3.63) is 71.4 Å². The van der Waals surface area contributed by atoms with E-state index in [0.717, 1.165) is 24.3 Å². The Hall–Kier alpha value is -3.01. The lowest BCUT2D eigenvalue weighted by Gasteiger charge is -2.11. The van der Waals surface area contributed by atoms with Crippen LogP contribution in [-0.2, 0) is 13.0 Å². The lowest BCUT2D eigenvalue weighted by molar-refractivity contribution is 1.11. The van der Waals surface area contributed by atoms with Gasteiger partial charge in [0.1, 0.15) is 5.82 Å². The second kappa shape index (κ2) is 6.48. The first-order valence-electron chi connectivity index (χ1n) is 8.62. The van der Waals surface area contributed by atoms with Gasteiger partial charge in [0.25, 0.3) is 0 Å². The second-order valence-electron chi connectivity index (χ2n) is 6.49. The Bertz CT molecular complexity index is 918. The minimum Gasteiger partial charge on any atom is -0.384 e. The molecule has 1 aliphatic rings. The highest BCUT2D eigenvalue weighted by Gasteiger charge is 2.11. The van der Waals surface area contributed by atoms with Crippen LogP contribution in [0.1, 0.15) is 16.8 Å². The van der Waals surface area contributed by atoms with Crippen molar-refractivity contribution in [2.45, 2.75) is 19.9 Å². The molecule has 0 spiro atoms. The van der Waals surface area contributed by atoms with Gasteiger partial charge in [0.15, 0.2) is 0 Å². The summed E-state index contributed by atoms with van der Waals surface area (Å²) in [6.07, 6.45) is 1.12. The Morgan fingerprint density at radius 2 is 1.96 bits per heavy atom. The van der Waals surface area contributed by atoms with E-state index in [1.807, 2.05) is 19.1 Å². The van der Waals surface area contributed by atoms with Crippen molar-refractivity contribution in [2.24, 2.45) is 0 Å². The Labute approximate surface area is 148 Å². The van der Waals surface area contributed by atoms with Gasteiger partial charge < -0.3 is 16.4 Å². The number of nitrogens with two attached hydrogens (primary N) is 1. The summed E-state index contributed by atoms with van der Waals surface area (Å²) >= 11 is 0. The minimum atomic E-state index is 0.542. The molecule has 0 fully saturated rings. The van der Waals surface area contributed by atoms with E-state index in [1.54, 1.807) is 0 Å². The van der Waals surface area contributed by atoms with Crippen molar-refractivity contribution in [1.82, 2.24) is 4.98 Å². The number of nitrogen functional groups attached to an aromatic ring is 1.